The lowest BCUT2D eigenvalue weighted by Crippen LogP contribution is -1.69. The zero-order chi connectivity index (χ0) is 18.0. The van der Waals surface area contributed by atoms with E-state index in [0.717, 1.165) is 0 Å². The first-order chi connectivity index (χ1) is 9.12. The molecule has 0 aromatic rings. The molecule has 0 aliphatic carbocycles. The van der Waals surface area contributed by atoms with Crippen molar-refractivity contribution in [1.82, 2.24) is 0 Å². The summed E-state index contributed by atoms with van der Waals surface area (Å²) in [6.45, 7) is 14.6. The molecule has 128 valence electrons. The number of rotatable bonds is 0. The molecule has 0 rings (SSSR count). The van der Waals surface area contributed by atoms with Crippen molar-refractivity contribution in [3.63, 3.8) is 0 Å². The molecule has 0 fully saturated rings. The molecule has 0 radical (unpaired) electrons. The zero-order valence-corrected chi connectivity index (χ0v) is 16.0. The lowest BCUT2D eigenvalue weighted by Gasteiger charge is -1.61. The van der Waals surface area contributed by atoms with Gasteiger partial charge in [0, 0.05) is 28.4 Å². The summed E-state index contributed by atoms with van der Waals surface area (Å²) in [5.41, 5.74) is 0. The van der Waals surface area contributed by atoms with Gasteiger partial charge in [-0.2, -0.15) is 0 Å². The SMILES string of the molecule is CC(C)=O.CC(C)=O.CCC.CCC.COC.COC. The van der Waals surface area contributed by atoms with Gasteiger partial charge in [-0.15, -0.1) is 0 Å². The first-order valence-electron chi connectivity index (χ1n) is 6.87. The summed E-state index contributed by atoms with van der Waals surface area (Å²) in [5, 5.41) is 0. The zero-order valence-electron chi connectivity index (χ0n) is 16.0. The van der Waals surface area contributed by atoms with Gasteiger partial charge < -0.3 is 19.1 Å². The Morgan fingerprint density at radius 2 is 0.600 bits per heavy atom. The van der Waals surface area contributed by atoms with Crippen LogP contribution in [0.25, 0.3) is 0 Å². The number of ether oxygens (including phenoxy) is 2. The van der Waals surface area contributed by atoms with E-state index in [0.29, 0.717) is 0 Å². The van der Waals surface area contributed by atoms with Gasteiger partial charge in [-0.3, -0.25) is 0 Å². The Hall–Kier alpha value is -0.740. The van der Waals surface area contributed by atoms with Crippen LogP contribution < -0.4 is 0 Å². The monoisotopic (exact) mass is 296 g/mol. The molecule has 0 saturated heterocycles. The van der Waals surface area contributed by atoms with Crippen LogP contribution >= 0.6 is 0 Å². The minimum atomic E-state index is 0.167. The molecule has 0 atom stereocenters. The Balaban J connectivity index is -0.0000000296. The average molecular weight is 296 g/mol. The van der Waals surface area contributed by atoms with Crippen LogP contribution in [0.4, 0.5) is 0 Å². The second-order valence-electron chi connectivity index (χ2n) is 4.05. The number of Topliss-reactive ketones (excluding diaryl/α,β-unsaturated/α-hetero) is 2. The number of carbonyl (C=O) groups is 2. The van der Waals surface area contributed by atoms with Crippen molar-refractivity contribution in [3.8, 4) is 0 Å². The molecular weight excluding hydrogens is 256 g/mol. The quantitative estimate of drug-likeness (QED) is 0.658. The van der Waals surface area contributed by atoms with Crippen LogP contribution in [-0.4, -0.2) is 40.0 Å². The molecule has 0 aliphatic rings. The van der Waals surface area contributed by atoms with Crippen molar-refractivity contribution < 1.29 is 19.1 Å². The van der Waals surface area contributed by atoms with E-state index in [4.69, 9.17) is 0 Å². The lowest BCUT2D eigenvalue weighted by atomic mass is 10.6. The van der Waals surface area contributed by atoms with Gasteiger partial charge in [-0.1, -0.05) is 40.5 Å². The van der Waals surface area contributed by atoms with Crippen LogP contribution in [0, 0.1) is 0 Å². The van der Waals surface area contributed by atoms with Gasteiger partial charge in [-0.25, -0.2) is 0 Å². The van der Waals surface area contributed by atoms with Crippen molar-refractivity contribution >= 4 is 11.6 Å². The van der Waals surface area contributed by atoms with Crippen LogP contribution in [0.15, 0.2) is 0 Å². The van der Waals surface area contributed by atoms with Crippen LogP contribution in [-0.2, 0) is 19.1 Å². The fourth-order valence-corrected chi connectivity index (χ4v) is 0. The minimum absolute atomic E-state index is 0.167. The maximum absolute atomic E-state index is 9.44. The van der Waals surface area contributed by atoms with Crippen LogP contribution in [0.1, 0.15) is 68.2 Å². The van der Waals surface area contributed by atoms with Gasteiger partial charge in [0.25, 0.3) is 0 Å². The summed E-state index contributed by atoms with van der Waals surface area (Å²) in [4.78, 5) is 18.9. The Bertz CT molecular complexity index is 106. The number of hydrogen-bond acceptors (Lipinski definition) is 4. The van der Waals surface area contributed by atoms with Crippen molar-refractivity contribution in [2.45, 2.75) is 68.2 Å². The van der Waals surface area contributed by atoms with Gasteiger partial charge in [0.15, 0.2) is 0 Å². The van der Waals surface area contributed by atoms with E-state index in [-0.39, 0.29) is 11.6 Å². The minimum Gasteiger partial charge on any atom is -0.388 e. The molecule has 0 aromatic carbocycles. The largest absolute Gasteiger partial charge is 0.388 e. The number of methoxy groups -OCH3 is 2. The maximum Gasteiger partial charge on any atom is 0.126 e. The molecule has 4 nitrogen and oxygen atoms in total. The van der Waals surface area contributed by atoms with Crippen LogP contribution in [0.3, 0.4) is 0 Å². The number of carbonyl (C=O) groups excluding carboxylic acids is 2. The van der Waals surface area contributed by atoms with E-state index in [1.54, 1.807) is 28.4 Å². The maximum atomic E-state index is 9.44. The van der Waals surface area contributed by atoms with Gasteiger partial charge in [0.1, 0.15) is 11.6 Å². The van der Waals surface area contributed by atoms with E-state index in [9.17, 15) is 9.59 Å². The molecule has 0 saturated carbocycles. The Morgan fingerprint density at radius 3 is 0.600 bits per heavy atom. The predicted octanol–water partition coefficient (Wildman–Crippen LogP) is 4.55. The molecule has 0 heterocycles. The molecule has 0 unspecified atom stereocenters. The summed E-state index contributed by atoms with van der Waals surface area (Å²) in [7, 11) is 6.50. The number of hydrogen-bond donors (Lipinski definition) is 0. The van der Waals surface area contributed by atoms with Gasteiger partial charge >= 0.3 is 0 Å². The summed E-state index contributed by atoms with van der Waals surface area (Å²) in [5.74, 6) is 0.333. The first kappa shape index (κ1) is 36.5. The van der Waals surface area contributed by atoms with E-state index in [2.05, 4.69) is 37.2 Å². The third-order valence-electron chi connectivity index (χ3n) is 0. The molecule has 0 bridgehead atoms. The van der Waals surface area contributed by atoms with E-state index >= 15 is 0 Å². The second kappa shape index (κ2) is 63.4. The Kier molecular flexibility index (Phi) is 116. The number of ketones is 2. The fraction of sp³-hybridized carbons (Fsp3) is 0.875. The van der Waals surface area contributed by atoms with Gasteiger partial charge in [0.2, 0.25) is 0 Å². The third kappa shape index (κ3) is 8330. The highest BCUT2D eigenvalue weighted by atomic mass is 16.5. The third-order valence-corrected chi connectivity index (χ3v) is 0. The predicted molar refractivity (Wildman–Crippen MR) is 90.5 cm³/mol. The normalized spacial score (nSPS) is 6.20. The van der Waals surface area contributed by atoms with Crippen LogP contribution in [0.2, 0.25) is 0 Å². The molecule has 20 heavy (non-hydrogen) atoms. The smallest absolute Gasteiger partial charge is 0.126 e. The Morgan fingerprint density at radius 1 is 0.600 bits per heavy atom. The molecule has 0 amide bonds. The molecule has 0 aromatic heterocycles. The molecule has 0 spiro atoms. The molecule has 0 N–H and O–H groups in total. The fourth-order valence-electron chi connectivity index (χ4n) is 0. The highest BCUT2D eigenvalue weighted by Crippen LogP contribution is 1.56. The summed E-state index contributed by atoms with van der Waals surface area (Å²) in [6.07, 6.45) is 2.50. The highest BCUT2D eigenvalue weighted by molar-refractivity contribution is 5.72. The topological polar surface area (TPSA) is 52.6 Å². The van der Waals surface area contributed by atoms with Crippen molar-refractivity contribution in [2.24, 2.45) is 0 Å². The van der Waals surface area contributed by atoms with E-state index in [1.807, 2.05) is 0 Å². The molecule has 0 aliphatic heterocycles. The van der Waals surface area contributed by atoms with Gasteiger partial charge in [0.05, 0.1) is 0 Å². The summed E-state index contributed by atoms with van der Waals surface area (Å²) >= 11 is 0. The standard InChI is InChI=1S/2C3H6O.2C3H8.2C2H6O/c2*1-3(2)4;4*1-3-2/h2*1-2H3;2*3H2,1-2H3;2*1-2H3. The van der Waals surface area contributed by atoms with Crippen LogP contribution in [0.5, 0.6) is 0 Å². The molecule has 4 heteroatoms. The first-order valence-corrected chi connectivity index (χ1v) is 6.87. The average Bonchev–Trinajstić information content (AvgIpc) is 2.18. The highest BCUT2D eigenvalue weighted by Gasteiger charge is 1.62. The summed E-state index contributed by atoms with van der Waals surface area (Å²) in [6, 6.07) is 0. The van der Waals surface area contributed by atoms with Crippen molar-refractivity contribution in [3.05, 3.63) is 0 Å². The summed E-state index contributed by atoms with van der Waals surface area (Å²) < 4.78 is 8.50. The van der Waals surface area contributed by atoms with E-state index in [1.165, 1.54) is 40.5 Å². The van der Waals surface area contributed by atoms with Gasteiger partial charge in [-0.05, 0) is 27.7 Å². The second-order valence-corrected chi connectivity index (χ2v) is 4.05. The molecular formula is C16H40O4. The van der Waals surface area contributed by atoms with E-state index < -0.39 is 0 Å². The van der Waals surface area contributed by atoms with Crippen molar-refractivity contribution in [1.29, 1.82) is 0 Å². The lowest BCUT2D eigenvalue weighted by molar-refractivity contribution is -0.115. The van der Waals surface area contributed by atoms with Crippen molar-refractivity contribution in [2.75, 3.05) is 28.4 Å². The Labute approximate surface area is 128 Å².